The molecule has 4 N–H and O–H groups in total. The number of hydrogen-bond acceptors (Lipinski definition) is 4. The molecule has 2 rings (SSSR count). The molecular formula is C13H12ClN3O2. The van der Waals surface area contributed by atoms with Crippen molar-refractivity contribution in [3.8, 4) is 0 Å². The summed E-state index contributed by atoms with van der Waals surface area (Å²) in [5.74, 6) is -1.08. The molecule has 0 aliphatic heterocycles. The average Bonchev–Trinajstić information content (AvgIpc) is 2.38. The van der Waals surface area contributed by atoms with Crippen LogP contribution in [0.1, 0.15) is 15.9 Å². The van der Waals surface area contributed by atoms with Crippen LogP contribution in [0.4, 0.5) is 11.4 Å². The molecule has 0 unspecified atom stereocenters. The summed E-state index contributed by atoms with van der Waals surface area (Å²) in [4.78, 5) is 15.2. The van der Waals surface area contributed by atoms with Crippen LogP contribution in [0.15, 0.2) is 36.7 Å². The van der Waals surface area contributed by atoms with Gasteiger partial charge in [0, 0.05) is 24.6 Å². The largest absolute Gasteiger partial charge is 0.478 e. The minimum Gasteiger partial charge on any atom is -0.478 e. The number of nitrogens with two attached hydrogens (primary N) is 1. The van der Waals surface area contributed by atoms with Crippen LogP contribution < -0.4 is 11.1 Å². The zero-order valence-electron chi connectivity index (χ0n) is 9.93. The van der Waals surface area contributed by atoms with Gasteiger partial charge >= 0.3 is 5.97 Å². The lowest BCUT2D eigenvalue weighted by Gasteiger charge is -2.12. The summed E-state index contributed by atoms with van der Waals surface area (Å²) in [6.07, 6.45) is 3.36. The van der Waals surface area contributed by atoms with Gasteiger partial charge < -0.3 is 16.2 Å². The van der Waals surface area contributed by atoms with E-state index in [0.29, 0.717) is 17.9 Å². The summed E-state index contributed by atoms with van der Waals surface area (Å²) in [7, 11) is 0. The van der Waals surface area contributed by atoms with Crippen molar-refractivity contribution in [1.29, 1.82) is 0 Å². The molecule has 0 bridgehead atoms. The van der Waals surface area contributed by atoms with Crippen LogP contribution in [0, 0.1) is 0 Å². The van der Waals surface area contributed by atoms with Crippen LogP contribution in [0.5, 0.6) is 0 Å². The van der Waals surface area contributed by atoms with Crippen molar-refractivity contribution in [3.63, 3.8) is 0 Å². The lowest BCUT2D eigenvalue weighted by atomic mass is 10.1. The minimum atomic E-state index is -1.08. The van der Waals surface area contributed by atoms with Crippen molar-refractivity contribution in [2.45, 2.75) is 6.54 Å². The molecule has 0 amide bonds. The molecular weight excluding hydrogens is 266 g/mol. The van der Waals surface area contributed by atoms with Gasteiger partial charge in [-0.1, -0.05) is 17.7 Å². The highest BCUT2D eigenvalue weighted by Gasteiger charge is 2.14. The quantitative estimate of drug-likeness (QED) is 0.748. The molecule has 0 atom stereocenters. The number of nitrogens with one attached hydrogen (secondary N) is 1. The zero-order chi connectivity index (χ0) is 13.8. The molecule has 6 heteroatoms. The van der Waals surface area contributed by atoms with Crippen molar-refractivity contribution >= 4 is 28.9 Å². The molecule has 5 nitrogen and oxygen atoms in total. The van der Waals surface area contributed by atoms with E-state index in [2.05, 4.69) is 10.3 Å². The number of carboxylic acids is 1. The number of hydrogen-bond donors (Lipinski definition) is 3. The second kappa shape index (κ2) is 5.58. The first-order chi connectivity index (χ1) is 9.08. The summed E-state index contributed by atoms with van der Waals surface area (Å²) in [5.41, 5.74) is 7.23. The van der Waals surface area contributed by atoms with Gasteiger partial charge in [-0.2, -0.15) is 0 Å². The third-order valence-corrected chi connectivity index (χ3v) is 2.83. The maximum absolute atomic E-state index is 11.2. The number of rotatable bonds is 4. The first kappa shape index (κ1) is 13.2. The molecule has 1 aromatic carbocycles. The lowest BCUT2D eigenvalue weighted by Crippen LogP contribution is -2.08. The summed E-state index contributed by atoms with van der Waals surface area (Å²) >= 11 is 6.02. The van der Waals surface area contributed by atoms with Crippen LogP contribution in [0.2, 0.25) is 5.02 Å². The highest BCUT2D eigenvalue weighted by Crippen LogP contribution is 2.29. The Balaban J connectivity index is 2.27. The number of halogens is 1. The summed E-state index contributed by atoms with van der Waals surface area (Å²) in [6, 6.07) is 6.57. The SMILES string of the molecule is Nc1cc(Cl)c(NCc2cccnc2)c(C(=O)O)c1. The molecule has 0 saturated carbocycles. The van der Waals surface area contributed by atoms with Crippen LogP contribution in [0.25, 0.3) is 0 Å². The van der Waals surface area contributed by atoms with Crippen molar-refractivity contribution in [2.24, 2.45) is 0 Å². The average molecular weight is 278 g/mol. The van der Waals surface area contributed by atoms with E-state index in [9.17, 15) is 4.79 Å². The highest BCUT2D eigenvalue weighted by atomic mass is 35.5. The van der Waals surface area contributed by atoms with Crippen LogP contribution in [-0.4, -0.2) is 16.1 Å². The highest BCUT2D eigenvalue weighted by molar-refractivity contribution is 6.34. The molecule has 0 radical (unpaired) electrons. The zero-order valence-corrected chi connectivity index (χ0v) is 10.7. The Hall–Kier alpha value is -2.27. The van der Waals surface area contributed by atoms with E-state index in [1.54, 1.807) is 18.5 Å². The topological polar surface area (TPSA) is 88.2 Å². The molecule has 0 aliphatic rings. The van der Waals surface area contributed by atoms with Gasteiger partial charge in [-0.3, -0.25) is 4.98 Å². The molecule has 1 heterocycles. The Morgan fingerprint density at radius 2 is 2.26 bits per heavy atom. The molecule has 2 aromatic rings. The van der Waals surface area contributed by atoms with E-state index in [4.69, 9.17) is 22.4 Å². The van der Waals surface area contributed by atoms with Crippen molar-refractivity contribution in [3.05, 3.63) is 52.8 Å². The summed E-state index contributed by atoms with van der Waals surface area (Å²) in [6.45, 7) is 0.428. The fraction of sp³-hybridized carbons (Fsp3) is 0.0769. The van der Waals surface area contributed by atoms with E-state index in [1.165, 1.54) is 12.1 Å². The van der Waals surface area contributed by atoms with Gasteiger partial charge in [0.1, 0.15) is 0 Å². The third kappa shape index (κ3) is 3.14. The van der Waals surface area contributed by atoms with E-state index in [1.807, 2.05) is 6.07 Å². The van der Waals surface area contributed by atoms with E-state index in [-0.39, 0.29) is 10.6 Å². The number of anilines is 2. The monoisotopic (exact) mass is 277 g/mol. The predicted molar refractivity (Wildman–Crippen MR) is 74.4 cm³/mol. The molecule has 1 aromatic heterocycles. The maximum Gasteiger partial charge on any atom is 0.337 e. The maximum atomic E-state index is 11.2. The minimum absolute atomic E-state index is 0.0499. The first-order valence-corrected chi connectivity index (χ1v) is 5.91. The fourth-order valence-electron chi connectivity index (χ4n) is 1.67. The van der Waals surface area contributed by atoms with Crippen molar-refractivity contribution in [2.75, 3.05) is 11.1 Å². The molecule has 0 aliphatic carbocycles. The Morgan fingerprint density at radius 1 is 1.47 bits per heavy atom. The number of carbonyl (C=O) groups is 1. The van der Waals surface area contributed by atoms with Crippen LogP contribution in [0.3, 0.4) is 0 Å². The predicted octanol–water partition coefficient (Wildman–Crippen LogP) is 2.63. The normalized spacial score (nSPS) is 10.2. The fourth-order valence-corrected chi connectivity index (χ4v) is 1.96. The molecule has 19 heavy (non-hydrogen) atoms. The number of aromatic carboxylic acids is 1. The molecule has 0 spiro atoms. The second-order valence-corrected chi connectivity index (χ2v) is 4.35. The number of carboxylic acid groups (broad SMARTS) is 1. The van der Waals surface area contributed by atoms with Gasteiger partial charge in [-0.05, 0) is 23.8 Å². The van der Waals surface area contributed by atoms with Crippen molar-refractivity contribution < 1.29 is 9.90 Å². The number of aromatic nitrogens is 1. The Morgan fingerprint density at radius 3 is 2.89 bits per heavy atom. The van der Waals surface area contributed by atoms with Gasteiger partial charge in [0.25, 0.3) is 0 Å². The summed E-state index contributed by atoms with van der Waals surface area (Å²) in [5, 5.41) is 12.4. The van der Waals surface area contributed by atoms with Crippen LogP contribution in [-0.2, 0) is 6.54 Å². The van der Waals surface area contributed by atoms with Crippen molar-refractivity contribution in [1.82, 2.24) is 4.98 Å². The number of nitrogen functional groups attached to an aromatic ring is 1. The van der Waals surface area contributed by atoms with E-state index >= 15 is 0 Å². The smallest absolute Gasteiger partial charge is 0.337 e. The second-order valence-electron chi connectivity index (χ2n) is 3.95. The molecule has 0 saturated heterocycles. The van der Waals surface area contributed by atoms with Gasteiger partial charge in [0.2, 0.25) is 0 Å². The van der Waals surface area contributed by atoms with E-state index in [0.717, 1.165) is 5.56 Å². The van der Waals surface area contributed by atoms with Gasteiger partial charge in [0.05, 0.1) is 16.3 Å². The standard InChI is InChI=1S/C13H12ClN3O2/c14-11-5-9(15)4-10(13(18)19)12(11)17-7-8-2-1-3-16-6-8/h1-6,17H,7,15H2,(H,18,19). The number of nitrogens with zero attached hydrogens (tertiary/aromatic N) is 1. The molecule has 98 valence electrons. The first-order valence-electron chi connectivity index (χ1n) is 5.53. The van der Waals surface area contributed by atoms with Gasteiger partial charge in [0.15, 0.2) is 0 Å². The summed E-state index contributed by atoms with van der Waals surface area (Å²) < 4.78 is 0. The molecule has 0 fully saturated rings. The lowest BCUT2D eigenvalue weighted by molar-refractivity contribution is 0.0698. The van der Waals surface area contributed by atoms with E-state index < -0.39 is 5.97 Å². The Labute approximate surface area is 115 Å². The Bertz CT molecular complexity index is 602. The van der Waals surface area contributed by atoms with Gasteiger partial charge in [-0.25, -0.2) is 4.79 Å². The third-order valence-electron chi connectivity index (χ3n) is 2.54. The number of benzene rings is 1. The Kier molecular flexibility index (Phi) is 3.87. The van der Waals surface area contributed by atoms with Crippen LogP contribution >= 0.6 is 11.6 Å². The van der Waals surface area contributed by atoms with Gasteiger partial charge in [-0.15, -0.1) is 0 Å². The number of pyridine rings is 1.